The van der Waals surface area contributed by atoms with Gasteiger partial charge in [-0.3, -0.25) is 0 Å². The number of anilines is 1. The zero-order valence-corrected chi connectivity index (χ0v) is 13.8. The third kappa shape index (κ3) is 3.25. The number of nitrogens with zero attached hydrogens (tertiary/aromatic N) is 1. The molecule has 1 aromatic carbocycles. The van der Waals surface area contributed by atoms with Gasteiger partial charge in [0, 0.05) is 21.1 Å². The maximum absolute atomic E-state index is 5.65. The minimum Gasteiger partial charge on any atom is -0.363 e. The Morgan fingerprint density at radius 3 is 2.75 bits per heavy atom. The van der Waals surface area contributed by atoms with Crippen LogP contribution in [0.1, 0.15) is 23.3 Å². The van der Waals surface area contributed by atoms with Crippen LogP contribution in [0, 0.1) is 0 Å². The number of hydrogen-bond donors (Lipinski definition) is 1. The number of nitrogens with two attached hydrogens (primary N) is 1. The zero-order chi connectivity index (χ0) is 13.9. The third-order valence-electron chi connectivity index (χ3n) is 3.68. The molecule has 20 heavy (non-hydrogen) atoms. The number of rotatable bonds is 6. The van der Waals surface area contributed by atoms with Gasteiger partial charge in [0.1, 0.15) is 0 Å². The van der Waals surface area contributed by atoms with Crippen molar-refractivity contribution in [1.29, 1.82) is 0 Å². The molecule has 0 atom stereocenters. The number of halogens is 1. The van der Waals surface area contributed by atoms with E-state index in [-0.39, 0.29) is 0 Å². The van der Waals surface area contributed by atoms with Gasteiger partial charge >= 0.3 is 0 Å². The van der Waals surface area contributed by atoms with Crippen molar-refractivity contribution in [2.24, 2.45) is 5.73 Å². The molecule has 0 unspecified atom stereocenters. The maximum Gasteiger partial charge on any atom is 0.0525 e. The van der Waals surface area contributed by atoms with Crippen LogP contribution >= 0.6 is 27.3 Å². The first-order chi connectivity index (χ1) is 9.78. The lowest BCUT2D eigenvalue weighted by Gasteiger charge is -2.25. The molecule has 1 aromatic heterocycles. The Morgan fingerprint density at radius 2 is 2.15 bits per heavy atom. The molecule has 1 heterocycles. The average Bonchev–Trinajstić information content (AvgIpc) is 3.15. The topological polar surface area (TPSA) is 29.3 Å². The molecule has 3 rings (SSSR count). The molecule has 0 spiro atoms. The van der Waals surface area contributed by atoms with E-state index < -0.39 is 0 Å². The second-order valence-electron chi connectivity index (χ2n) is 5.25. The molecule has 0 amide bonds. The molecule has 106 valence electrons. The minimum atomic E-state index is 0.694. The van der Waals surface area contributed by atoms with Gasteiger partial charge < -0.3 is 10.6 Å². The van der Waals surface area contributed by atoms with Crippen LogP contribution in [-0.4, -0.2) is 12.6 Å². The van der Waals surface area contributed by atoms with Gasteiger partial charge in [-0.2, -0.15) is 0 Å². The van der Waals surface area contributed by atoms with Crippen LogP contribution in [0.2, 0.25) is 0 Å². The van der Waals surface area contributed by atoms with Gasteiger partial charge in [-0.1, -0.05) is 28.1 Å². The molecule has 2 nitrogen and oxygen atoms in total. The van der Waals surface area contributed by atoms with E-state index in [0.717, 1.165) is 13.0 Å². The van der Waals surface area contributed by atoms with Crippen LogP contribution in [0.15, 0.2) is 40.2 Å². The van der Waals surface area contributed by atoms with E-state index in [2.05, 4.69) is 56.5 Å². The van der Waals surface area contributed by atoms with Gasteiger partial charge in [-0.25, -0.2) is 0 Å². The van der Waals surface area contributed by atoms with E-state index in [1.54, 1.807) is 0 Å². The van der Waals surface area contributed by atoms with Crippen LogP contribution < -0.4 is 10.6 Å². The highest BCUT2D eigenvalue weighted by atomic mass is 79.9. The van der Waals surface area contributed by atoms with Gasteiger partial charge in [0.05, 0.1) is 6.54 Å². The van der Waals surface area contributed by atoms with Gasteiger partial charge in [0.15, 0.2) is 0 Å². The zero-order valence-electron chi connectivity index (χ0n) is 11.4. The fourth-order valence-electron chi connectivity index (χ4n) is 2.46. The van der Waals surface area contributed by atoms with E-state index in [0.29, 0.717) is 12.6 Å². The summed E-state index contributed by atoms with van der Waals surface area (Å²) in [5, 5.41) is 2.15. The third-order valence-corrected chi connectivity index (χ3v) is 5.28. The molecule has 0 bridgehead atoms. The molecular weight excluding hydrogens is 332 g/mol. The molecular formula is C16H19BrN2S. The van der Waals surface area contributed by atoms with E-state index in [1.807, 2.05) is 11.3 Å². The van der Waals surface area contributed by atoms with Gasteiger partial charge in [0.2, 0.25) is 0 Å². The van der Waals surface area contributed by atoms with Crippen molar-refractivity contribution in [3.63, 3.8) is 0 Å². The van der Waals surface area contributed by atoms with Crippen molar-refractivity contribution >= 4 is 33.0 Å². The lowest BCUT2D eigenvalue weighted by Crippen LogP contribution is -2.24. The summed E-state index contributed by atoms with van der Waals surface area (Å²) in [7, 11) is 0. The molecule has 2 aromatic rings. The highest BCUT2D eigenvalue weighted by Gasteiger charge is 2.29. The first-order valence-electron chi connectivity index (χ1n) is 7.05. The smallest absolute Gasteiger partial charge is 0.0525 e. The van der Waals surface area contributed by atoms with Crippen LogP contribution in [-0.2, 0) is 13.0 Å². The fraction of sp³-hybridized carbons (Fsp3) is 0.375. The monoisotopic (exact) mass is 350 g/mol. The van der Waals surface area contributed by atoms with Crippen LogP contribution in [0.4, 0.5) is 5.69 Å². The molecule has 2 N–H and O–H groups in total. The van der Waals surface area contributed by atoms with Gasteiger partial charge in [-0.05, 0) is 54.9 Å². The largest absolute Gasteiger partial charge is 0.363 e. The molecule has 1 aliphatic carbocycles. The molecule has 1 fully saturated rings. The fourth-order valence-corrected chi connectivity index (χ4v) is 3.73. The molecule has 0 radical (unpaired) electrons. The highest BCUT2D eigenvalue weighted by molar-refractivity contribution is 9.10. The Balaban J connectivity index is 1.82. The lowest BCUT2D eigenvalue weighted by atomic mass is 10.1. The number of thiophene rings is 1. The normalized spacial score (nSPS) is 14.5. The maximum atomic E-state index is 5.65. The first-order valence-corrected chi connectivity index (χ1v) is 8.72. The molecule has 1 aliphatic rings. The van der Waals surface area contributed by atoms with Crippen LogP contribution in [0.5, 0.6) is 0 Å². The average molecular weight is 351 g/mol. The van der Waals surface area contributed by atoms with Crippen molar-refractivity contribution in [1.82, 2.24) is 0 Å². The van der Waals surface area contributed by atoms with Crippen molar-refractivity contribution in [3.05, 3.63) is 50.6 Å². The van der Waals surface area contributed by atoms with Crippen molar-refractivity contribution in [2.75, 3.05) is 11.4 Å². The summed E-state index contributed by atoms with van der Waals surface area (Å²) >= 11 is 5.52. The van der Waals surface area contributed by atoms with Crippen molar-refractivity contribution in [3.8, 4) is 0 Å². The highest BCUT2D eigenvalue weighted by Crippen LogP contribution is 2.35. The molecule has 1 saturated carbocycles. The summed E-state index contributed by atoms with van der Waals surface area (Å²) in [5.41, 5.74) is 8.25. The van der Waals surface area contributed by atoms with Crippen molar-refractivity contribution in [2.45, 2.75) is 31.8 Å². The number of hydrogen-bond acceptors (Lipinski definition) is 3. The summed E-state index contributed by atoms with van der Waals surface area (Å²) in [6.45, 7) is 1.71. The van der Waals surface area contributed by atoms with Crippen LogP contribution in [0.3, 0.4) is 0 Å². The second kappa shape index (κ2) is 6.29. The summed E-state index contributed by atoms with van der Waals surface area (Å²) in [4.78, 5) is 3.96. The second-order valence-corrected chi connectivity index (χ2v) is 7.14. The molecule has 0 saturated heterocycles. The Kier molecular flexibility index (Phi) is 4.44. The minimum absolute atomic E-state index is 0.694. The summed E-state index contributed by atoms with van der Waals surface area (Å²) in [5.74, 6) is 0. The van der Waals surface area contributed by atoms with Gasteiger partial charge in [0.25, 0.3) is 0 Å². The Labute approximate surface area is 132 Å². The van der Waals surface area contributed by atoms with E-state index in [1.165, 1.54) is 33.4 Å². The Hall–Kier alpha value is -0.840. The van der Waals surface area contributed by atoms with Gasteiger partial charge in [-0.15, -0.1) is 11.3 Å². The molecule has 0 aliphatic heterocycles. The van der Waals surface area contributed by atoms with E-state index in [4.69, 9.17) is 5.73 Å². The predicted molar refractivity (Wildman–Crippen MR) is 90.4 cm³/mol. The number of benzene rings is 1. The van der Waals surface area contributed by atoms with E-state index in [9.17, 15) is 0 Å². The van der Waals surface area contributed by atoms with Crippen molar-refractivity contribution < 1.29 is 0 Å². The quantitative estimate of drug-likeness (QED) is 0.846. The summed E-state index contributed by atoms with van der Waals surface area (Å²) in [6, 6.07) is 11.8. The summed E-state index contributed by atoms with van der Waals surface area (Å²) < 4.78 is 1.18. The van der Waals surface area contributed by atoms with E-state index >= 15 is 0 Å². The Bertz CT molecular complexity index is 564. The lowest BCUT2D eigenvalue weighted by molar-refractivity contribution is 0.802. The first kappa shape index (κ1) is 14.1. The van der Waals surface area contributed by atoms with Crippen LogP contribution in [0.25, 0.3) is 0 Å². The standard InChI is InChI=1S/C16H19BrN2S/c17-16-10-14(4-3-12(16)7-8-18)19(13-5-6-13)11-15-2-1-9-20-15/h1-4,9-10,13H,5-8,11,18H2. The predicted octanol–water partition coefficient (Wildman–Crippen LogP) is 4.18. The Morgan fingerprint density at radius 1 is 1.30 bits per heavy atom. The summed E-state index contributed by atoms with van der Waals surface area (Å²) in [6.07, 6.45) is 3.55. The SMILES string of the molecule is NCCc1ccc(N(Cc2cccs2)C2CC2)cc1Br. The molecule has 4 heteroatoms.